The molecular formula is C19H20N2O4S. The van der Waals surface area contributed by atoms with Gasteiger partial charge in [-0.25, -0.2) is 0 Å². The van der Waals surface area contributed by atoms with Gasteiger partial charge in [0.25, 0.3) is 0 Å². The number of aromatic nitrogens is 2. The number of rotatable bonds is 8. The third kappa shape index (κ3) is 4.11. The van der Waals surface area contributed by atoms with Crippen molar-refractivity contribution >= 4 is 11.8 Å². The number of ether oxygens (including phenoxy) is 3. The van der Waals surface area contributed by atoms with Crippen molar-refractivity contribution in [1.82, 2.24) is 10.2 Å². The fourth-order valence-electron chi connectivity index (χ4n) is 2.46. The minimum atomic E-state index is 0.416. The molecule has 0 unspecified atom stereocenters. The van der Waals surface area contributed by atoms with Crippen LogP contribution in [0.3, 0.4) is 0 Å². The molecule has 0 aliphatic heterocycles. The van der Waals surface area contributed by atoms with E-state index in [1.807, 2.05) is 18.2 Å². The molecule has 0 radical (unpaired) electrons. The summed E-state index contributed by atoms with van der Waals surface area (Å²) in [5.41, 5.74) is 1.98. The fourth-order valence-corrected chi connectivity index (χ4v) is 3.29. The molecule has 0 aliphatic rings. The number of benzene rings is 2. The first-order chi connectivity index (χ1) is 12.7. The van der Waals surface area contributed by atoms with Crippen molar-refractivity contribution < 1.29 is 18.6 Å². The van der Waals surface area contributed by atoms with Crippen LogP contribution in [-0.4, -0.2) is 31.5 Å². The van der Waals surface area contributed by atoms with Gasteiger partial charge in [0.2, 0.25) is 17.5 Å². The van der Waals surface area contributed by atoms with E-state index >= 15 is 0 Å². The van der Waals surface area contributed by atoms with E-state index in [2.05, 4.69) is 22.3 Å². The molecule has 0 aliphatic carbocycles. The summed E-state index contributed by atoms with van der Waals surface area (Å²) in [4.78, 5) is 0. The Morgan fingerprint density at radius 2 is 1.58 bits per heavy atom. The SMILES string of the molecule is COc1cc(-c2nnc(CSCc3ccccc3)o2)cc(OC)c1OC. The molecule has 26 heavy (non-hydrogen) atoms. The molecule has 136 valence electrons. The zero-order valence-corrected chi connectivity index (χ0v) is 15.7. The average molecular weight is 372 g/mol. The summed E-state index contributed by atoms with van der Waals surface area (Å²) < 4.78 is 21.8. The fraction of sp³-hybridized carbons (Fsp3) is 0.263. The summed E-state index contributed by atoms with van der Waals surface area (Å²) in [7, 11) is 4.70. The van der Waals surface area contributed by atoms with Crippen LogP contribution in [0.25, 0.3) is 11.5 Å². The molecule has 0 N–H and O–H groups in total. The second-order valence-corrected chi connectivity index (χ2v) is 6.38. The average Bonchev–Trinajstić information content (AvgIpc) is 3.16. The molecule has 3 rings (SSSR count). The lowest BCUT2D eigenvalue weighted by Crippen LogP contribution is -1.95. The van der Waals surface area contributed by atoms with Crippen LogP contribution < -0.4 is 14.2 Å². The Morgan fingerprint density at radius 1 is 0.885 bits per heavy atom. The smallest absolute Gasteiger partial charge is 0.248 e. The lowest BCUT2D eigenvalue weighted by Gasteiger charge is -2.12. The van der Waals surface area contributed by atoms with Crippen LogP contribution in [0.4, 0.5) is 0 Å². The zero-order chi connectivity index (χ0) is 18.4. The van der Waals surface area contributed by atoms with Crippen molar-refractivity contribution in [2.45, 2.75) is 11.5 Å². The van der Waals surface area contributed by atoms with Gasteiger partial charge in [-0.15, -0.1) is 22.0 Å². The number of methoxy groups -OCH3 is 3. The molecule has 0 spiro atoms. The van der Waals surface area contributed by atoms with Gasteiger partial charge in [0.15, 0.2) is 11.5 Å². The Labute approximate surface area is 156 Å². The summed E-state index contributed by atoms with van der Waals surface area (Å²) in [5, 5.41) is 8.26. The standard InChI is InChI=1S/C19H20N2O4S/c1-22-15-9-14(10-16(23-2)18(15)24-3)19-21-20-17(25-19)12-26-11-13-7-5-4-6-8-13/h4-10H,11-12H2,1-3H3. The summed E-state index contributed by atoms with van der Waals surface area (Å²) in [6, 6.07) is 13.8. The molecule has 2 aromatic carbocycles. The first-order valence-corrected chi connectivity index (χ1v) is 9.15. The maximum absolute atomic E-state index is 5.79. The van der Waals surface area contributed by atoms with E-state index in [0.29, 0.717) is 40.3 Å². The zero-order valence-electron chi connectivity index (χ0n) is 14.9. The monoisotopic (exact) mass is 372 g/mol. The van der Waals surface area contributed by atoms with E-state index in [9.17, 15) is 0 Å². The highest BCUT2D eigenvalue weighted by atomic mass is 32.2. The minimum absolute atomic E-state index is 0.416. The van der Waals surface area contributed by atoms with Crippen LogP contribution >= 0.6 is 11.8 Å². The number of hydrogen-bond donors (Lipinski definition) is 0. The lowest BCUT2D eigenvalue weighted by molar-refractivity contribution is 0.324. The normalized spacial score (nSPS) is 10.6. The van der Waals surface area contributed by atoms with Crippen molar-refractivity contribution in [1.29, 1.82) is 0 Å². The van der Waals surface area contributed by atoms with E-state index in [0.717, 1.165) is 5.75 Å². The quantitative estimate of drug-likeness (QED) is 0.587. The molecule has 7 heteroatoms. The van der Waals surface area contributed by atoms with Crippen molar-refractivity contribution in [3.8, 4) is 28.7 Å². The molecule has 1 heterocycles. The Kier molecular flexibility index (Phi) is 6.01. The predicted molar refractivity (Wildman–Crippen MR) is 101 cm³/mol. The number of nitrogens with zero attached hydrogens (tertiary/aromatic N) is 2. The number of thioether (sulfide) groups is 1. The Bertz CT molecular complexity index is 827. The van der Waals surface area contributed by atoms with E-state index in [1.54, 1.807) is 45.2 Å². The van der Waals surface area contributed by atoms with Gasteiger partial charge < -0.3 is 18.6 Å². The van der Waals surface area contributed by atoms with Gasteiger partial charge in [0.05, 0.1) is 27.1 Å². The topological polar surface area (TPSA) is 66.6 Å². The van der Waals surface area contributed by atoms with Crippen molar-refractivity contribution in [2.75, 3.05) is 21.3 Å². The molecule has 0 saturated carbocycles. The van der Waals surface area contributed by atoms with Gasteiger partial charge in [0.1, 0.15) is 0 Å². The second kappa shape index (κ2) is 8.62. The molecule has 0 amide bonds. The van der Waals surface area contributed by atoms with Crippen LogP contribution in [0.5, 0.6) is 17.2 Å². The van der Waals surface area contributed by atoms with Crippen LogP contribution in [0.2, 0.25) is 0 Å². The van der Waals surface area contributed by atoms with Gasteiger partial charge in [-0.1, -0.05) is 30.3 Å². The van der Waals surface area contributed by atoms with Crippen LogP contribution in [0, 0.1) is 0 Å². The van der Waals surface area contributed by atoms with Crippen molar-refractivity contribution in [3.05, 3.63) is 53.9 Å². The highest BCUT2D eigenvalue weighted by Crippen LogP contribution is 2.40. The molecule has 0 fully saturated rings. The van der Waals surface area contributed by atoms with Crippen LogP contribution in [-0.2, 0) is 11.5 Å². The van der Waals surface area contributed by atoms with Crippen molar-refractivity contribution in [2.24, 2.45) is 0 Å². The van der Waals surface area contributed by atoms with E-state index in [4.69, 9.17) is 18.6 Å². The summed E-state index contributed by atoms with van der Waals surface area (Å²) in [6.45, 7) is 0. The number of hydrogen-bond acceptors (Lipinski definition) is 7. The largest absolute Gasteiger partial charge is 0.493 e. The van der Waals surface area contributed by atoms with E-state index < -0.39 is 0 Å². The van der Waals surface area contributed by atoms with Gasteiger partial charge in [0, 0.05) is 11.3 Å². The van der Waals surface area contributed by atoms with E-state index in [-0.39, 0.29) is 0 Å². The van der Waals surface area contributed by atoms with Gasteiger partial charge in [-0.2, -0.15) is 0 Å². The summed E-state index contributed by atoms with van der Waals surface area (Å²) in [5.74, 6) is 4.14. The Morgan fingerprint density at radius 3 is 2.19 bits per heavy atom. The molecule has 0 saturated heterocycles. The van der Waals surface area contributed by atoms with Gasteiger partial charge in [-0.3, -0.25) is 0 Å². The van der Waals surface area contributed by atoms with Gasteiger partial charge >= 0.3 is 0 Å². The maximum Gasteiger partial charge on any atom is 0.248 e. The van der Waals surface area contributed by atoms with E-state index in [1.165, 1.54) is 5.56 Å². The maximum atomic E-state index is 5.79. The third-order valence-corrected chi connectivity index (χ3v) is 4.70. The predicted octanol–water partition coefficient (Wildman–Crippen LogP) is 4.20. The minimum Gasteiger partial charge on any atom is -0.493 e. The first-order valence-electron chi connectivity index (χ1n) is 7.99. The Hall–Kier alpha value is -2.67. The highest BCUT2D eigenvalue weighted by Gasteiger charge is 2.17. The summed E-state index contributed by atoms with van der Waals surface area (Å²) >= 11 is 1.72. The molecular weight excluding hydrogens is 352 g/mol. The van der Waals surface area contributed by atoms with Crippen molar-refractivity contribution in [3.63, 3.8) is 0 Å². The van der Waals surface area contributed by atoms with Crippen LogP contribution in [0.1, 0.15) is 11.5 Å². The molecule has 6 nitrogen and oxygen atoms in total. The highest BCUT2D eigenvalue weighted by molar-refractivity contribution is 7.97. The second-order valence-electron chi connectivity index (χ2n) is 5.39. The lowest BCUT2D eigenvalue weighted by atomic mass is 10.2. The van der Waals surface area contributed by atoms with Crippen LogP contribution in [0.15, 0.2) is 46.9 Å². The Balaban J connectivity index is 1.73. The molecule has 3 aromatic rings. The first kappa shape index (κ1) is 18.1. The molecule has 0 atom stereocenters. The third-order valence-electron chi connectivity index (χ3n) is 3.72. The van der Waals surface area contributed by atoms with Gasteiger partial charge in [-0.05, 0) is 17.7 Å². The summed E-state index contributed by atoms with van der Waals surface area (Å²) in [6.07, 6.45) is 0. The molecule has 0 bridgehead atoms. The molecule has 1 aromatic heterocycles.